The molecule has 0 aromatic heterocycles. The Hall–Kier alpha value is -1.59. The van der Waals surface area contributed by atoms with Gasteiger partial charge in [-0.3, -0.25) is 0 Å². The molecular weight excluding hydrogens is 292 g/mol. The summed E-state index contributed by atoms with van der Waals surface area (Å²) in [5, 5.41) is 11.1. The van der Waals surface area contributed by atoms with Gasteiger partial charge in [0.15, 0.2) is 0 Å². The van der Waals surface area contributed by atoms with Crippen molar-refractivity contribution >= 4 is 6.09 Å². The van der Waals surface area contributed by atoms with Crippen LogP contribution in [0.4, 0.5) is 4.79 Å². The molecule has 0 aliphatic carbocycles. The number of amides is 1. The SMILES string of the molecule is CC(C)(C)OC(=O)N1CCC[C@@H]([C@@](O)(CN)c2ccccc2)C1. The van der Waals surface area contributed by atoms with Crippen LogP contribution in [0.1, 0.15) is 39.2 Å². The summed E-state index contributed by atoms with van der Waals surface area (Å²) in [6.45, 7) is 6.80. The first-order valence-corrected chi connectivity index (χ1v) is 8.22. The molecule has 23 heavy (non-hydrogen) atoms. The zero-order chi connectivity index (χ0) is 17.1. The molecule has 128 valence electrons. The molecule has 5 heteroatoms. The molecule has 2 rings (SSSR count). The van der Waals surface area contributed by atoms with Crippen LogP contribution in [0.5, 0.6) is 0 Å². The summed E-state index contributed by atoms with van der Waals surface area (Å²) in [6.07, 6.45) is 1.34. The van der Waals surface area contributed by atoms with Crippen LogP contribution in [0.2, 0.25) is 0 Å². The van der Waals surface area contributed by atoms with Crippen LogP contribution in [-0.2, 0) is 10.3 Å². The molecule has 1 fully saturated rings. The number of benzene rings is 1. The number of hydrogen-bond acceptors (Lipinski definition) is 4. The highest BCUT2D eigenvalue weighted by Crippen LogP contribution is 2.35. The highest BCUT2D eigenvalue weighted by Gasteiger charge is 2.41. The molecule has 5 nitrogen and oxygen atoms in total. The fraction of sp³-hybridized carbons (Fsp3) is 0.611. The summed E-state index contributed by atoms with van der Waals surface area (Å²) < 4.78 is 5.45. The topological polar surface area (TPSA) is 75.8 Å². The van der Waals surface area contributed by atoms with E-state index < -0.39 is 11.2 Å². The summed E-state index contributed by atoms with van der Waals surface area (Å²) in [7, 11) is 0. The van der Waals surface area contributed by atoms with Crippen molar-refractivity contribution in [2.75, 3.05) is 19.6 Å². The zero-order valence-electron chi connectivity index (χ0n) is 14.3. The lowest BCUT2D eigenvalue weighted by atomic mass is 9.77. The first-order valence-electron chi connectivity index (χ1n) is 8.22. The lowest BCUT2D eigenvalue weighted by Crippen LogP contribution is -2.51. The molecule has 0 radical (unpaired) electrons. The standard InChI is InChI=1S/C18H28N2O3/c1-17(2,3)23-16(21)20-11-7-10-15(12-20)18(22,13-19)14-8-5-4-6-9-14/h4-6,8-9,15,22H,7,10-13,19H2,1-3H3/t15-,18-/m1/s1. The third-order valence-corrected chi connectivity index (χ3v) is 4.33. The van der Waals surface area contributed by atoms with Crippen LogP contribution >= 0.6 is 0 Å². The van der Waals surface area contributed by atoms with Crippen molar-refractivity contribution in [3.63, 3.8) is 0 Å². The molecule has 0 spiro atoms. The minimum atomic E-state index is -1.12. The van der Waals surface area contributed by atoms with Crippen molar-refractivity contribution in [1.29, 1.82) is 0 Å². The van der Waals surface area contributed by atoms with Crippen LogP contribution in [0.3, 0.4) is 0 Å². The summed E-state index contributed by atoms with van der Waals surface area (Å²) >= 11 is 0. The molecule has 3 N–H and O–H groups in total. The zero-order valence-corrected chi connectivity index (χ0v) is 14.3. The number of hydrogen-bond donors (Lipinski definition) is 2. The van der Waals surface area contributed by atoms with Gasteiger partial charge in [0.1, 0.15) is 11.2 Å². The van der Waals surface area contributed by atoms with E-state index in [1.807, 2.05) is 51.1 Å². The molecule has 0 bridgehead atoms. The predicted molar refractivity (Wildman–Crippen MR) is 89.9 cm³/mol. The van der Waals surface area contributed by atoms with E-state index in [2.05, 4.69) is 0 Å². The fourth-order valence-electron chi connectivity index (χ4n) is 3.11. The summed E-state index contributed by atoms with van der Waals surface area (Å²) in [6, 6.07) is 9.47. The van der Waals surface area contributed by atoms with Gasteiger partial charge in [-0.25, -0.2) is 4.79 Å². The lowest BCUT2D eigenvalue weighted by molar-refractivity contribution is -0.0502. The van der Waals surface area contributed by atoms with Gasteiger partial charge in [-0.1, -0.05) is 30.3 Å². The van der Waals surface area contributed by atoms with Gasteiger partial charge < -0.3 is 20.5 Å². The van der Waals surface area contributed by atoms with E-state index in [-0.39, 0.29) is 18.6 Å². The average Bonchev–Trinajstić information content (AvgIpc) is 2.53. The lowest BCUT2D eigenvalue weighted by Gasteiger charge is -2.42. The number of aliphatic hydroxyl groups is 1. The minimum Gasteiger partial charge on any atom is -0.444 e. The first-order chi connectivity index (χ1) is 10.8. The maximum atomic E-state index is 12.3. The third-order valence-electron chi connectivity index (χ3n) is 4.33. The normalized spacial score (nSPS) is 21.6. The van der Waals surface area contributed by atoms with Crippen LogP contribution < -0.4 is 5.73 Å². The first kappa shape index (κ1) is 17.8. The molecule has 2 atom stereocenters. The molecule has 1 saturated heterocycles. The second-order valence-electron chi connectivity index (χ2n) is 7.26. The molecule has 1 aromatic carbocycles. The van der Waals surface area contributed by atoms with Gasteiger partial charge >= 0.3 is 6.09 Å². The molecule has 0 saturated carbocycles. The summed E-state index contributed by atoms with van der Waals surface area (Å²) in [5.41, 5.74) is 5.07. The van der Waals surface area contributed by atoms with Crippen molar-refractivity contribution in [2.45, 2.75) is 44.8 Å². The Kier molecular flexibility index (Phi) is 5.32. The van der Waals surface area contributed by atoms with Crippen molar-refractivity contribution in [2.24, 2.45) is 11.7 Å². The summed E-state index contributed by atoms with van der Waals surface area (Å²) in [5.74, 6) is -0.101. The highest BCUT2D eigenvalue weighted by molar-refractivity contribution is 5.68. The Morgan fingerprint density at radius 1 is 1.35 bits per heavy atom. The van der Waals surface area contributed by atoms with E-state index in [0.29, 0.717) is 13.1 Å². The van der Waals surface area contributed by atoms with Crippen molar-refractivity contribution in [3.8, 4) is 0 Å². The Bertz CT molecular complexity index is 527. The number of nitrogens with zero attached hydrogens (tertiary/aromatic N) is 1. The quantitative estimate of drug-likeness (QED) is 0.897. The van der Waals surface area contributed by atoms with Crippen molar-refractivity contribution < 1.29 is 14.6 Å². The Balaban J connectivity index is 2.15. The van der Waals surface area contributed by atoms with Crippen LogP contribution in [0.15, 0.2) is 30.3 Å². The molecule has 1 aromatic rings. The highest BCUT2D eigenvalue weighted by atomic mass is 16.6. The van der Waals surface area contributed by atoms with Crippen molar-refractivity contribution in [3.05, 3.63) is 35.9 Å². The second kappa shape index (κ2) is 6.89. The average molecular weight is 320 g/mol. The number of nitrogens with two attached hydrogens (primary N) is 1. The minimum absolute atomic E-state index is 0.101. The molecular formula is C18H28N2O3. The number of piperidine rings is 1. The van der Waals surface area contributed by atoms with E-state index in [0.717, 1.165) is 18.4 Å². The molecule has 1 heterocycles. The number of carbonyl (C=O) groups excluding carboxylic acids is 1. The largest absolute Gasteiger partial charge is 0.444 e. The Morgan fingerprint density at radius 2 is 2.00 bits per heavy atom. The third kappa shape index (κ3) is 4.24. The van der Waals surface area contributed by atoms with Crippen LogP contribution in [-0.4, -0.2) is 41.3 Å². The molecule has 1 aliphatic heterocycles. The molecule has 1 aliphatic rings. The number of rotatable bonds is 3. The van der Waals surface area contributed by atoms with Gasteiger partial charge in [-0.05, 0) is 39.2 Å². The molecule has 1 amide bonds. The monoisotopic (exact) mass is 320 g/mol. The molecule has 0 unspecified atom stereocenters. The maximum absolute atomic E-state index is 12.3. The van der Waals surface area contributed by atoms with Crippen LogP contribution in [0, 0.1) is 5.92 Å². The van der Waals surface area contributed by atoms with Crippen LogP contribution in [0.25, 0.3) is 0 Å². The maximum Gasteiger partial charge on any atom is 0.410 e. The summed E-state index contributed by atoms with van der Waals surface area (Å²) in [4.78, 5) is 14.0. The van der Waals surface area contributed by atoms with Gasteiger partial charge in [-0.15, -0.1) is 0 Å². The number of likely N-dealkylation sites (tertiary alicyclic amines) is 1. The van der Waals surface area contributed by atoms with Gasteiger partial charge in [0, 0.05) is 25.6 Å². The van der Waals surface area contributed by atoms with Gasteiger partial charge in [0.2, 0.25) is 0 Å². The van der Waals surface area contributed by atoms with E-state index in [9.17, 15) is 9.90 Å². The smallest absolute Gasteiger partial charge is 0.410 e. The van der Waals surface area contributed by atoms with Gasteiger partial charge in [-0.2, -0.15) is 0 Å². The van der Waals surface area contributed by atoms with Gasteiger partial charge in [0.25, 0.3) is 0 Å². The van der Waals surface area contributed by atoms with E-state index in [4.69, 9.17) is 10.5 Å². The van der Waals surface area contributed by atoms with Crippen molar-refractivity contribution in [1.82, 2.24) is 4.90 Å². The Labute approximate surface area is 138 Å². The number of carbonyl (C=O) groups is 1. The Morgan fingerprint density at radius 3 is 2.57 bits per heavy atom. The number of ether oxygens (including phenoxy) is 1. The van der Waals surface area contributed by atoms with E-state index in [1.165, 1.54) is 0 Å². The predicted octanol–water partition coefficient (Wildman–Crippen LogP) is 2.48. The fourth-order valence-corrected chi connectivity index (χ4v) is 3.11. The van der Waals surface area contributed by atoms with Gasteiger partial charge in [0.05, 0.1) is 0 Å². The second-order valence-corrected chi connectivity index (χ2v) is 7.26. The van der Waals surface area contributed by atoms with E-state index in [1.54, 1.807) is 4.90 Å². The van der Waals surface area contributed by atoms with E-state index >= 15 is 0 Å².